The molecule has 90 valence electrons. The Bertz CT molecular complexity index is 548. The van der Waals surface area contributed by atoms with Gasteiger partial charge in [0, 0.05) is 24.1 Å². The average Bonchev–Trinajstić information content (AvgIpc) is 2.68. The van der Waals surface area contributed by atoms with Gasteiger partial charge in [0.05, 0.1) is 22.7 Å². The molecule has 6 heteroatoms. The second-order valence-corrected chi connectivity index (χ2v) is 4.01. The van der Waals surface area contributed by atoms with Gasteiger partial charge in [0.25, 0.3) is 5.69 Å². The lowest BCUT2D eigenvalue weighted by atomic mass is 10.2. The summed E-state index contributed by atoms with van der Waals surface area (Å²) in [5, 5.41) is 24.9. The number of nitrogens with zero attached hydrogens (tertiary/aromatic N) is 3. The fourth-order valence-electron chi connectivity index (χ4n) is 1.66. The van der Waals surface area contributed by atoms with Crippen LogP contribution in [0.4, 0.5) is 5.69 Å². The van der Waals surface area contributed by atoms with Gasteiger partial charge in [-0.25, -0.2) is 0 Å². The number of nitro groups is 1. The van der Waals surface area contributed by atoms with Crippen molar-refractivity contribution in [3.63, 3.8) is 0 Å². The van der Waals surface area contributed by atoms with Crippen LogP contribution in [0.15, 0.2) is 24.4 Å². The van der Waals surface area contributed by atoms with E-state index in [1.807, 2.05) is 0 Å². The quantitative estimate of drug-likeness (QED) is 0.646. The molecule has 0 aliphatic carbocycles. The number of rotatable bonds is 4. The van der Waals surface area contributed by atoms with Gasteiger partial charge in [0.2, 0.25) is 0 Å². The summed E-state index contributed by atoms with van der Waals surface area (Å²) >= 11 is 0. The highest BCUT2D eigenvalue weighted by atomic mass is 16.6. The Morgan fingerprint density at radius 2 is 2.35 bits per heavy atom. The smallest absolute Gasteiger partial charge is 0.271 e. The predicted octanol–water partition coefficient (Wildman–Crippen LogP) is 1.72. The van der Waals surface area contributed by atoms with Gasteiger partial charge in [-0.05, 0) is 19.4 Å². The molecule has 2 aromatic rings. The van der Waals surface area contributed by atoms with Crippen LogP contribution in [0.5, 0.6) is 0 Å². The second-order valence-electron chi connectivity index (χ2n) is 4.01. The van der Waals surface area contributed by atoms with Gasteiger partial charge in [-0.1, -0.05) is 0 Å². The summed E-state index contributed by atoms with van der Waals surface area (Å²) in [7, 11) is 0. The van der Waals surface area contributed by atoms with Gasteiger partial charge in [-0.15, -0.1) is 0 Å². The largest absolute Gasteiger partial charge is 0.393 e. The molecule has 0 spiro atoms. The van der Waals surface area contributed by atoms with Crippen LogP contribution in [0.25, 0.3) is 10.9 Å². The Morgan fingerprint density at radius 1 is 1.59 bits per heavy atom. The lowest BCUT2D eigenvalue weighted by Gasteiger charge is -2.05. The third-order valence-electron chi connectivity index (χ3n) is 2.60. The Labute approximate surface area is 97.6 Å². The van der Waals surface area contributed by atoms with Crippen LogP contribution < -0.4 is 0 Å². The molecule has 1 aromatic carbocycles. The molecular formula is C11H13N3O3. The van der Waals surface area contributed by atoms with E-state index < -0.39 is 11.0 Å². The number of aromatic nitrogens is 2. The zero-order chi connectivity index (χ0) is 12.4. The average molecular weight is 235 g/mol. The van der Waals surface area contributed by atoms with Crippen molar-refractivity contribution in [1.29, 1.82) is 0 Å². The van der Waals surface area contributed by atoms with E-state index in [0.29, 0.717) is 13.0 Å². The topological polar surface area (TPSA) is 81.2 Å². The van der Waals surface area contributed by atoms with E-state index >= 15 is 0 Å². The molecule has 6 nitrogen and oxygen atoms in total. The highest BCUT2D eigenvalue weighted by Crippen LogP contribution is 2.20. The summed E-state index contributed by atoms with van der Waals surface area (Å²) in [5.41, 5.74) is 0.774. The maximum Gasteiger partial charge on any atom is 0.271 e. The highest BCUT2D eigenvalue weighted by molar-refractivity contribution is 5.80. The number of hydrogen-bond acceptors (Lipinski definition) is 4. The van der Waals surface area contributed by atoms with Gasteiger partial charge in [0.15, 0.2) is 0 Å². The van der Waals surface area contributed by atoms with Gasteiger partial charge in [0.1, 0.15) is 0 Å². The zero-order valence-electron chi connectivity index (χ0n) is 9.41. The molecule has 2 rings (SSSR count). The Balaban J connectivity index is 2.36. The Kier molecular flexibility index (Phi) is 3.06. The van der Waals surface area contributed by atoms with Crippen LogP contribution in [-0.2, 0) is 6.54 Å². The van der Waals surface area contributed by atoms with Crippen molar-refractivity contribution in [2.24, 2.45) is 0 Å². The molecule has 1 heterocycles. The Hall–Kier alpha value is -1.95. The van der Waals surface area contributed by atoms with E-state index in [-0.39, 0.29) is 5.69 Å². The first-order valence-electron chi connectivity index (χ1n) is 5.36. The number of fused-ring (bicyclic) bond motifs is 1. The fraction of sp³-hybridized carbons (Fsp3) is 0.364. The van der Waals surface area contributed by atoms with Gasteiger partial charge in [-0.2, -0.15) is 5.10 Å². The van der Waals surface area contributed by atoms with Crippen molar-refractivity contribution in [3.05, 3.63) is 34.5 Å². The van der Waals surface area contributed by atoms with Crippen LogP contribution in [0.1, 0.15) is 13.3 Å². The number of aryl methyl sites for hydroxylation is 1. The monoisotopic (exact) mass is 235 g/mol. The van der Waals surface area contributed by atoms with Crippen LogP contribution in [0.2, 0.25) is 0 Å². The standard InChI is InChI=1S/C11H13N3O3/c1-8(15)4-5-13-11-6-10(14(16)17)3-2-9(11)7-12-13/h2-3,6-8,15H,4-5H2,1H3. The first kappa shape index (κ1) is 11.5. The molecule has 0 amide bonds. The molecule has 0 aliphatic heterocycles. The van der Waals surface area contributed by atoms with E-state index in [0.717, 1.165) is 10.9 Å². The minimum atomic E-state index is -0.425. The number of non-ortho nitro benzene ring substituents is 1. The van der Waals surface area contributed by atoms with E-state index in [1.165, 1.54) is 12.1 Å². The predicted molar refractivity (Wildman–Crippen MR) is 62.7 cm³/mol. The molecule has 1 aromatic heterocycles. The van der Waals surface area contributed by atoms with Gasteiger partial charge < -0.3 is 5.11 Å². The first-order chi connectivity index (χ1) is 8.08. The molecular weight excluding hydrogens is 222 g/mol. The van der Waals surface area contributed by atoms with E-state index in [1.54, 1.807) is 23.9 Å². The summed E-state index contributed by atoms with van der Waals surface area (Å²) in [5.74, 6) is 0. The van der Waals surface area contributed by atoms with Crippen molar-refractivity contribution in [1.82, 2.24) is 9.78 Å². The molecule has 0 saturated carbocycles. The minimum Gasteiger partial charge on any atom is -0.393 e. The molecule has 17 heavy (non-hydrogen) atoms. The summed E-state index contributed by atoms with van der Waals surface area (Å²) in [4.78, 5) is 10.3. The number of benzene rings is 1. The molecule has 1 N–H and O–H groups in total. The van der Waals surface area contributed by atoms with Crippen LogP contribution >= 0.6 is 0 Å². The zero-order valence-corrected chi connectivity index (χ0v) is 9.41. The summed E-state index contributed by atoms with van der Waals surface area (Å²) in [6.45, 7) is 2.25. The maximum atomic E-state index is 10.7. The van der Waals surface area contributed by atoms with Crippen molar-refractivity contribution < 1.29 is 10.0 Å². The van der Waals surface area contributed by atoms with E-state index in [9.17, 15) is 15.2 Å². The summed E-state index contributed by atoms with van der Waals surface area (Å²) < 4.78 is 1.68. The van der Waals surface area contributed by atoms with Crippen LogP contribution in [-0.4, -0.2) is 25.9 Å². The van der Waals surface area contributed by atoms with Gasteiger partial charge >= 0.3 is 0 Å². The van der Waals surface area contributed by atoms with Crippen molar-refractivity contribution >= 4 is 16.6 Å². The number of hydrogen-bond donors (Lipinski definition) is 1. The van der Waals surface area contributed by atoms with E-state index in [4.69, 9.17) is 0 Å². The number of aliphatic hydroxyl groups excluding tert-OH is 1. The number of aliphatic hydroxyl groups is 1. The lowest BCUT2D eigenvalue weighted by molar-refractivity contribution is -0.384. The van der Waals surface area contributed by atoms with Crippen LogP contribution in [0, 0.1) is 10.1 Å². The normalized spacial score (nSPS) is 12.8. The Morgan fingerprint density at radius 3 is 3.00 bits per heavy atom. The summed E-state index contributed by atoms with van der Waals surface area (Å²) in [6.07, 6.45) is 1.83. The maximum absolute atomic E-state index is 10.7. The van der Waals surface area contributed by atoms with Crippen LogP contribution in [0.3, 0.4) is 0 Å². The van der Waals surface area contributed by atoms with Gasteiger partial charge in [-0.3, -0.25) is 14.8 Å². The first-order valence-corrected chi connectivity index (χ1v) is 5.36. The SMILES string of the molecule is CC(O)CCn1ncc2ccc([N+](=O)[O-])cc21. The minimum absolute atomic E-state index is 0.0521. The third-order valence-corrected chi connectivity index (χ3v) is 2.60. The van der Waals surface area contributed by atoms with Crippen molar-refractivity contribution in [2.75, 3.05) is 0 Å². The number of nitro benzene ring substituents is 1. The highest BCUT2D eigenvalue weighted by Gasteiger charge is 2.10. The molecule has 0 radical (unpaired) electrons. The second kappa shape index (κ2) is 4.50. The molecule has 0 aliphatic rings. The molecule has 0 fully saturated rings. The van der Waals surface area contributed by atoms with Crippen molar-refractivity contribution in [3.8, 4) is 0 Å². The molecule has 1 atom stereocenters. The molecule has 1 unspecified atom stereocenters. The van der Waals surface area contributed by atoms with E-state index in [2.05, 4.69) is 5.10 Å². The molecule has 0 saturated heterocycles. The summed E-state index contributed by atoms with van der Waals surface area (Å²) in [6, 6.07) is 4.65. The van der Waals surface area contributed by atoms with Crippen molar-refractivity contribution in [2.45, 2.75) is 26.0 Å². The fourth-order valence-corrected chi connectivity index (χ4v) is 1.66. The molecule has 0 bridgehead atoms. The third kappa shape index (κ3) is 2.42. The lowest BCUT2D eigenvalue weighted by Crippen LogP contribution is -2.07.